The summed E-state index contributed by atoms with van der Waals surface area (Å²) in [4.78, 5) is 1.06. The number of hydrogen-bond donors (Lipinski definition) is 2. The molecule has 0 heterocycles. The molecule has 0 unspecified atom stereocenters. The van der Waals surface area contributed by atoms with Crippen molar-refractivity contribution in [3.8, 4) is 11.5 Å². The number of thiol groups is 1. The third-order valence-corrected chi connectivity index (χ3v) is 4.67. The van der Waals surface area contributed by atoms with Crippen LogP contribution in [0, 0.1) is 0 Å². The van der Waals surface area contributed by atoms with Crippen LogP contribution in [0.15, 0.2) is 77.3 Å². The molecule has 0 aliphatic heterocycles. The molecule has 0 spiro atoms. The molecule has 6 heteroatoms. The Morgan fingerprint density at radius 2 is 1.68 bits per heavy atom. The highest BCUT2D eigenvalue weighted by molar-refractivity contribution is 7.98. The quantitative estimate of drug-likeness (QED) is 0.501. The van der Waals surface area contributed by atoms with Crippen molar-refractivity contribution in [2.75, 3.05) is 13.7 Å². The molecule has 0 saturated carbocycles. The van der Waals surface area contributed by atoms with Gasteiger partial charge in [-0.3, -0.25) is 0 Å². The van der Waals surface area contributed by atoms with Crippen LogP contribution in [0.2, 0.25) is 0 Å². The normalized spacial score (nSPS) is 10.2. The van der Waals surface area contributed by atoms with Gasteiger partial charge in [-0.25, -0.2) is 0 Å². The van der Waals surface area contributed by atoms with Crippen molar-refractivity contribution in [1.82, 2.24) is 4.31 Å². The molecule has 25 heavy (non-hydrogen) atoms. The van der Waals surface area contributed by atoms with E-state index in [-0.39, 0.29) is 0 Å². The van der Waals surface area contributed by atoms with Crippen LogP contribution in [0.5, 0.6) is 11.5 Å². The first kappa shape index (κ1) is 19.1. The summed E-state index contributed by atoms with van der Waals surface area (Å²) >= 11 is 5.97. The van der Waals surface area contributed by atoms with Crippen LogP contribution in [0.1, 0.15) is 5.56 Å². The van der Waals surface area contributed by atoms with E-state index in [0.29, 0.717) is 23.9 Å². The van der Waals surface area contributed by atoms with E-state index in [0.717, 1.165) is 22.0 Å². The van der Waals surface area contributed by atoms with E-state index in [1.165, 1.54) is 0 Å². The van der Waals surface area contributed by atoms with Gasteiger partial charge >= 0.3 is 0 Å². The third kappa shape index (κ3) is 6.32. The molecule has 2 aromatic carbocycles. The zero-order valence-corrected chi connectivity index (χ0v) is 15.9. The standard InChI is InChI=1S/C19H22N2O2S2/c1-14(20)13-23-18-8-10-19(11-9-18)25-21(15(2)24)12-16-4-6-17(22-3)7-5-16/h4-11,24H,1-2,12-13,20H2,3H3. The Kier molecular flexibility index (Phi) is 7.16. The zero-order valence-electron chi connectivity index (χ0n) is 14.1. The van der Waals surface area contributed by atoms with Crippen molar-refractivity contribution in [3.63, 3.8) is 0 Å². The van der Waals surface area contributed by atoms with Gasteiger partial charge in [0.05, 0.1) is 18.7 Å². The van der Waals surface area contributed by atoms with Gasteiger partial charge in [0.15, 0.2) is 0 Å². The van der Waals surface area contributed by atoms with Crippen LogP contribution < -0.4 is 15.2 Å². The highest BCUT2D eigenvalue weighted by atomic mass is 32.2. The lowest BCUT2D eigenvalue weighted by Crippen LogP contribution is -2.11. The molecule has 0 amide bonds. The summed E-state index contributed by atoms with van der Waals surface area (Å²) in [7, 11) is 1.66. The highest BCUT2D eigenvalue weighted by Gasteiger charge is 2.09. The van der Waals surface area contributed by atoms with Gasteiger partial charge in [0.25, 0.3) is 0 Å². The summed E-state index contributed by atoms with van der Waals surface area (Å²) in [6, 6.07) is 15.7. The van der Waals surface area contributed by atoms with E-state index in [1.54, 1.807) is 19.1 Å². The molecule has 0 aliphatic carbocycles. The van der Waals surface area contributed by atoms with Gasteiger partial charge in [0.1, 0.15) is 18.1 Å². The highest BCUT2D eigenvalue weighted by Crippen LogP contribution is 2.30. The summed E-state index contributed by atoms with van der Waals surface area (Å²) < 4.78 is 12.7. The van der Waals surface area contributed by atoms with Crippen molar-refractivity contribution in [2.45, 2.75) is 11.4 Å². The molecular weight excluding hydrogens is 352 g/mol. The second-order valence-corrected chi connectivity index (χ2v) is 6.92. The van der Waals surface area contributed by atoms with Crippen LogP contribution in [0.3, 0.4) is 0 Å². The van der Waals surface area contributed by atoms with Crippen LogP contribution >= 0.6 is 24.6 Å². The van der Waals surface area contributed by atoms with Crippen LogP contribution in [-0.2, 0) is 6.54 Å². The topological polar surface area (TPSA) is 47.7 Å². The zero-order chi connectivity index (χ0) is 18.2. The van der Waals surface area contributed by atoms with Crippen LogP contribution in [0.25, 0.3) is 0 Å². The van der Waals surface area contributed by atoms with Gasteiger partial charge in [0.2, 0.25) is 0 Å². The monoisotopic (exact) mass is 374 g/mol. The lowest BCUT2D eigenvalue weighted by Gasteiger charge is -2.22. The predicted molar refractivity (Wildman–Crippen MR) is 108 cm³/mol. The van der Waals surface area contributed by atoms with E-state index < -0.39 is 0 Å². The minimum atomic E-state index is 0.309. The summed E-state index contributed by atoms with van der Waals surface area (Å²) in [5, 5.41) is 0.681. The molecule has 132 valence electrons. The SMILES string of the molecule is C=C(N)COc1ccc(SN(Cc2ccc(OC)cc2)C(=C)S)cc1. The Morgan fingerprint density at radius 3 is 2.20 bits per heavy atom. The number of rotatable bonds is 9. The predicted octanol–water partition coefficient (Wildman–Crippen LogP) is 4.46. The minimum Gasteiger partial charge on any atom is -0.497 e. The first-order chi connectivity index (χ1) is 12.0. The van der Waals surface area contributed by atoms with Crippen LogP contribution in [0.4, 0.5) is 0 Å². The molecule has 2 rings (SSSR count). The average Bonchev–Trinajstić information content (AvgIpc) is 2.61. The lowest BCUT2D eigenvalue weighted by molar-refractivity contribution is 0.351. The molecule has 4 nitrogen and oxygen atoms in total. The first-order valence-electron chi connectivity index (χ1n) is 7.60. The first-order valence-corrected chi connectivity index (χ1v) is 8.82. The number of methoxy groups -OCH3 is 1. The van der Waals surface area contributed by atoms with Gasteiger partial charge in [-0.05, 0) is 53.9 Å². The average molecular weight is 375 g/mol. The Balaban J connectivity index is 2.00. The number of nitrogens with zero attached hydrogens (tertiary/aromatic N) is 1. The van der Waals surface area contributed by atoms with E-state index >= 15 is 0 Å². The van der Waals surface area contributed by atoms with Gasteiger partial charge in [0, 0.05) is 10.6 Å². The Labute approximate surface area is 158 Å². The van der Waals surface area contributed by atoms with E-state index in [4.69, 9.17) is 15.2 Å². The molecule has 0 saturated heterocycles. The Morgan fingerprint density at radius 1 is 1.08 bits per heavy atom. The summed E-state index contributed by atoms with van der Waals surface area (Å²) in [6.07, 6.45) is 0. The third-order valence-electron chi connectivity index (χ3n) is 3.24. The molecule has 0 aromatic heterocycles. The lowest BCUT2D eigenvalue weighted by atomic mass is 10.2. The maximum atomic E-state index is 5.50. The number of benzene rings is 2. The second kappa shape index (κ2) is 9.34. The van der Waals surface area contributed by atoms with E-state index in [9.17, 15) is 0 Å². The fourth-order valence-corrected chi connectivity index (χ4v) is 3.00. The summed E-state index contributed by atoms with van der Waals surface area (Å²) in [6.45, 7) is 8.55. The van der Waals surface area contributed by atoms with Crippen molar-refractivity contribution in [1.29, 1.82) is 0 Å². The number of hydrogen-bond acceptors (Lipinski definition) is 6. The molecule has 0 fully saturated rings. The number of ether oxygens (including phenoxy) is 2. The maximum Gasteiger partial charge on any atom is 0.127 e. The minimum absolute atomic E-state index is 0.309. The maximum absolute atomic E-state index is 5.50. The van der Waals surface area contributed by atoms with E-state index in [2.05, 4.69) is 25.8 Å². The van der Waals surface area contributed by atoms with Crippen molar-refractivity contribution < 1.29 is 9.47 Å². The number of nitrogens with two attached hydrogens (primary N) is 1. The van der Waals surface area contributed by atoms with Gasteiger partial charge in [-0.1, -0.05) is 25.3 Å². The smallest absolute Gasteiger partial charge is 0.127 e. The van der Waals surface area contributed by atoms with Crippen molar-refractivity contribution in [2.24, 2.45) is 5.73 Å². The summed E-state index contributed by atoms with van der Waals surface area (Å²) in [5.74, 6) is 1.59. The van der Waals surface area contributed by atoms with Gasteiger partial charge < -0.3 is 19.5 Å². The van der Waals surface area contributed by atoms with Crippen molar-refractivity contribution in [3.05, 3.63) is 78.0 Å². The molecule has 0 atom stereocenters. The molecule has 2 N–H and O–H groups in total. The Bertz CT molecular complexity index is 715. The fraction of sp³-hybridized carbons (Fsp3) is 0.158. The fourth-order valence-electron chi connectivity index (χ4n) is 1.97. The van der Waals surface area contributed by atoms with Gasteiger partial charge in [-0.15, -0.1) is 12.6 Å². The molecule has 0 radical (unpaired) electrons. The molecular formula is C19H22N2O2S2. The summed E-state index contributed by atoms with van der Waals surface area (Å²) in [5.41, 5.74) is 7.14. The van der Waals surface area contributed by atoms with Crippen molar-refractivity contribution >= 4 is 24.6 Å². The molecule has 0 aliphatic rings. The second-order valence-electron chi connectivity index (χ2n) is 5.31. The molecule has 2 aromatic rings. The largest absolute Gasteiger partial charge is 0.497 e. The molecule has 0 bridgehead atoms. The Hall–Kier alpha value is -2.18. The van der Waals surface area contributed by atoms with E-state index in [1.807, 2.05) is 52.8 Å². The van der Waals surface area contributed by atoms with Crippen LogP contribution in [-0.4, -0.2) is 18.0 Å². The van der Waals surface area contributed by atoms with Gasteiger partial charge in [-0.2, -0.15) is 0 Å².